The van der Waals surface area contributed by atoms with E-state index in [1.54, 1.807) is 0 Å². The van der Waals surface area contributed by atoms with Gasteiger partial charge in [-0.15, -0.1) is 11.8 Å². The van der Waals surface area contributed by atoms with E-state index >= 15 is 0 Å². The second kappa shape index (κ2) is 4.74. The molecule has 0 aromatic heterocycles. The molecule has 2 rings (SSSR count). The van der Waals surface area contributed by atoms with Crippen molar-refractivity contribution in [1.29, 1.82) is 0 Å². The number of esters is 1. The summed E-state index contributed by atoms with van der Waals surface area (Å²) in [6.45, 7) is 2.10. The lowest BCUT2D eigenvalue weighted by molar-refractivity contribution is -0.136. The van der Waals surface area contributed by atoms with E-state index in [4.69, 9.17) is 4.74 Å². The lowest BCUT2D eigenvalue weighted by atomic mass is 10.1. The van der Waals surface area contributed by atoms with E-state index in [0.29, 0.717) is 0 Å². The van der Waals surface area contributed by atoms with Crippen LogP contribution in [-0.2, 0) is 9.53 Å². The molecule has 0 radical (unpaired) electrons. The average molecular weight is 234 g/mol. The molecule has 1 aliphatic heterocycles. The highest BCUT2D eigenvalue weighted by atomic mass is 32.2. The van der Waals surface area contributed by atoms with Crippen molar-refractivity contribution in [1.82, 2.24) is 0 Å². The molecule has 3 heteroatoms. The van der Waals surface area contributed by atoms with Gasteiger partial charge < -0.3 is 4.74 Å². The summed E-state index contributed by atoms with van der Waals surface area (Å²) in [7, 11) is 1.43. The molecule has 1 aromatic carbocycles. The fraction of sp³-hybridized carbons (Fsp3) is 0.308. The Kier molecular flexibility index (Phi) is 3.34. The summed E-state index contributed by atoms with van der Waals surface area (Å²) in [6, 6.07) is 6.16. The first-order valence-electron chi connectivity index (χ1n) is 5.23. The van der Waals surface area contributed by atoms with Gasteiger partial charge in [0.1, 0.15) is 0 Å². The highest BCUT2D eigenvalue weighted by Crippen LogP contribution is 2.33. The van der Waals surface area contributed by atoms with Crippen molar-refractivity contribution in [3.8, 4) is 0 Å². The van der Waals surface area contributed by atoms with Crippen molar-refractivity contribution in [3.63, 3.8) is 0 Å². The second-order valence-corrected chi connectivity index (χ2v) is 4.86. The Bertz CT molecular complexity index is 449. The zero-order valence-corrected chi connectivity index (χ0v) is 10.3. The fourth-order valence-corrected chi connectivity index (χ4v) is 2.92. The van der Waals surface area contributed by atoms with Crippen LogP contribution in [0.25, 0.3) is 6.08 Å². The summed E-state index contributed by atoms with van der Waals surface area (Å²) in [5.74, 6) is 0.716. The van der Waals surface area contributed by atoms with Crippen LogP contribution in [0.4, 0.5) is 0 Å². The summed E-state index contributed by atoms with van der Waals surface area (Å²) in [5.41, 5.74) is 3.16. The molecule has 0 bridgehead atoms. The molecule has 0 aliphatic carbocycles. The Morgan fingerprint density at radius 1 is 1.44 bits per heavy atom. The molecule has 1 aromatic rings. The molecule has 0 spiro atoms. The van der Waals surface area contributed by atoms with Crippen molar-refractivity contribution < 1.29 is 9.53 Å². The van der Waals surface area contributed by atoms with Gasteiger partial charge in [0, 0.05) is 16.2 Å². The van der Waals surface area contributed by atoms with Crippen LogP contribution in [-0.4, -0.2) is 18.8 Å². The van der Waals surface area contributed by atoms with Gasteiger partial charge in [-0.25, -0.2) is 4.79 Å². The maximum absolute atomic E-state index is 11.5. The molecule has 2 nitrogen and oxygen atoms in total. The SMILES string of the molecule is COC(=O)C1=Cc2cccc(C)c2SCC1. The van der Waals surface area contributed by atoms with Crippen LogP contribution in [0.1, 0.15) is 17.5 Å². The summed E-state index contributed by atoms with van der Waals surface area (Å²) >= 11 is 1.81. The first kappa shape index (κ1) is 11.3. The molecule has 16 heavy (non-hydrogen) atoms. The van der Waals surface area contributed by atoms with Gasteiger partial charge in [-0.2, -0.15) is 0 Å². The number of ether oxygens (including phenoxy) is 1. The topological polar surface area (TPSA) is 26.3 Å². The van der Waals surface area contributed by atoms with E-state index in [-0.39, 0.29) is 5.97 Å². The molecular weight excluding hydrogens is 220 g/mol. The van der Waals surface area contributed by atoms with Crippen LogP contribution in [0.3, 0.4) is 0 Å². The number of hydrogen-bond acceptors (Lipinski definition) is 3. The Morgan fingerprint density at radius 3 is 3.00 bits per heavy atom. The minimum Gasteiger partial charge on any atom is -0.466 e. The number of carbonyl (C=O) groups excluding carboxylic acids is 1. The Hall–Kier alpha value is -1.22. The first-order valence-corrected chi connectivity index (χ1v) is 6.22. The van der Waals surface area contributed by atoms with E-state index in [0.717, 1.165) is 23.3 Å². The highest BCUT2D eigenvalue weighted by molar-refractivity contribution is 7.99. The summed E-state index contributed by atoms with van der Waals surface area (Å²) in [4.78, 5) is 12.8. The van der Waals surface area contributed by atoms with Crippen molar-refractivity contribution in [2.75, 3.05) is 12.9 Å². The summed E-state index contributed by atoms with van der Waals surface area (Å²) < 4.78 is 4.77. The smallest absolute Gasteiger partial charge is 0.333 e. The number of benzene rings is 1. The quantitative estimate of drug-likeness (QED) is 0.699. The zero-order chi connectivity index (χ0) is 11.5. The van der Waals surface area contributed by atoms with Crippen LogP contribution in [0.5, 0.6) is 0 Å². The molecule has 0 saturated heterocycles. The van der Waals surface area contributed by atoms with Crippen LogP contribution in [0.2, 0.25) is 0 Å². The van der Waals surface area contributed by atoms with Crippen molar-refractivity contribution in [2.24, 2.45) is 0 Å². The van der Waals surface area contributed by atoms with Gasteiger partial charge in [-0.3, -0.25) is 0 Å². The Balaban J connectivity index is 2.44. The minimum atomic E-state index is -0.213. The number of thioether (sulfide) groups is 1. The van der Waals surface area contributed by atoms with Gasteiger partial charge in [0.15, 0.2) is 0 Å². The standard InChI is InChI=1S/C13H14O2S/c1-9-4-3-5-10-8-11(13(14)15-2)6-7-16-12(9)10/h3-5,8H,6-7H2,1-2H3. The minimum absolute atomic E-state index is 0.213. The molecule has 0 fully saturated rings. The van der Waals surface area contributed by atoms with Gasteiger partial charge in [0.2, 0.25) is 0 Å². The number of rotatable bonds is 1. The third-order valence-corrected chi connectivity index (χ3v) is 3.89. The molecular formula is C13H14O2S. The van der Waals surface area contributed by atoms with Crippen molar-refractivity contribution in [2.45, 2.75) is 18.2 Å². The Labute approximate surface area is 99.7 Å². The van der Waals surface area contributed by atoms with Crippen LogP contribution in [0.15, 0.2) is 28.7 Å². The van der Waals surface area contributed by atoms with Gasteiger partial charge in [0.25, 0.3) is 0 Å². The average Bonchev–Trinajstić information content (AvgIpc) is 2.51. The summed E-state index contributed by atoms with van der Waals surface area (Å²) in [6.07, 6.45) is 2.72. The van der Waals surface area contributed by atoms with E-state index in [2.05, 4.69) is 13.0 Å². The number of aryl methyl sites for hydroxylation is 1. The molecule has 0 saturated carbocycles. The van der Waals surface area contributed by atoms with Gasteiger partial charge in [-0.05, 0) is 30.5 Å². The van der Waals surface area contributed by atoms with Crippen LogP contribution >= 0.6 is 11.8 Å². The normalized spacial score (nSPS) is 14.8. The predicted molar refractivity (Wildman–Crippen MR) is 66.5 cm³/mol. The monoisotopic (exact) mass is 234 g/mol. The number of hydrogen-bond donors (Lipinski definition) is 0. The highest BCUT2D eigenvalue weighted by Gasteiger charge is 2.15. The van der Waals surface area contributed by atoms with Gasteiger partial charge in [0.05, 0.1) is 7.11 Å². The van der Waals surface area contributed by atoms with Crippen LogP contribution < -0.4 is 0 Å². The zero-order valence-electron chi connectivity index (χ0n) is 9.45. The van der Waals surface area contributed by atoms with E-state index in [9.17, 15) is 4.79 Å². The predicted octanol–water partition coefficient (Wildman–Crippen LogP) is 3.05. The number of fused-ring (bicyclic) bond motifs is 1. The number of methoxy groups -OCH3 is 1. The fourth-order valence-electron chi connectivity index (χ4n) is 1.80. The third kappa shape index (κ3) is 2.14. The molecule has 1 heterocycles. The molecule has 0 unspecified atom stereocenters. The second-order valence-electron chi connectivity index (χ2n) is 3.75. The maximum Gasteiger partial charge on any atom is 0.333 e. The van der Waals surface area contributed by atoms with E-state index in [1.165, 1.54) is 17.6 Å². The molecule has 0 amide bonds. The number of carbonyl (C=O) groups is 1. The molecule has 84 valence electrons. The molecule has 1 aliphatic rings. The van der Waals surface area contributed by atoms with E-state index in [1.807, 2.05) is 30.0 Å². The van der Waals surface area contributed by atoms with Gasteiger partial charge >= 0.3 is 5.97 Å². The van der Waals surface area contributed by atoms with E-state index < -0.39 is 0 Å². The van der Waals surface area contributed by atoms with Crippen LogP contribution in [0, 0.1) is 6.92 Å². The van der Waals surface area contributed by atoms with Crippen molar-refractivity contribution in [3.05, 3.63) is 34.9 Å². The Morgan fingerprint density at radius 2 is 2.25 bits per heavy atom. The largest absolute Gasteiger partial charge is 0.466 e. The molecule has 0 atom stereocenters. The maximum atomic E-state index is 11.5. The molecule has 0 N–H and O–H groups in total. The van der Waals surface area contributed by atoms with Gasteiger partial charge in [-0.1, -0.05) is 18.2 Å². The first-order chi connectivity index (χ1) is 7.72. The summed E-state index contributed by atoms with van der Waals surface area (Å²) in [5, 5.41) is 0. The lowest BCUT2D eigenvalue weighted by Crippen LogP contribution is -2.04. The van der Waals surface area contributed by atoms with Crippen molar-refractivity contribution >= 4 is 23.8 Å². The third-order valence-electron chi connectivity index (χ3n) is 2.64. The lowest BCUT2D eigenvalue weighted by Gasteiger charge is -2.05.